The van der Waals surface area contributed by atoms with Crippen LogP contribution in [0.1, 0.15) is 70.1 Å². The van der Waals surface area contributed by atoms with Crippen molar-refractivity contribution in [3.8, 4) is 0 Å². The van der Waals surface area contributed by atoms with E-state index in [0.717, 1.165) is 5.02 Å². The van der Waals surface area contributed by atoms with Gasteiger partial charge in [-0.25, -0.2) is 8.78 Å². The second-order valence-corrected chi connectivity index (χ2v) is 6.32. The lowest BCUT2D eigenvalue weighted by molar-refractivity contribution is 0.542. The normalized spacial score (nSPS) is 10.0. The molecule has 0 saturated heterocycles. The zero-order valence-corrected chi connectivity index (χ0v) is 16.5. The van der Waals surface area contributed by atoms with Crippen LogP contribution in [0.25, 0.3) is 0 Å². The van der Waals surface area contributed by atoms with E-state index in [-0.39, 0.29) is 11.5 Å². The largest absolute Gasteiger partial charge is 0.207 e. The lowest BCUT2D eigenvalue weighted by Crippen LogP contribution is -1.96. The first-order chi connectivity index (χ1) is 11.3. The summed E-state index contributed by atoms with van der Waals surface area (Å²) in [6.07, 6.45) is 0. The SMILES string of the molecule is CC.CC(C)c1c(F)cccc1F.Cc1cccc(Cl)c1C(C)C. The predicted molar refractivity (Wildman–Crippen MR) is 102 cm³/mol. The molecule has 2 rings (SSSR count). The van der Waals surface area contributed by atoms with Crippen LogP contribution in [0.5, 0.6) is 0 Å². The van der Waals surface area contributed by atoms with E-state index in [1.807, 2.05) is 26.0 Å². The number of benzene rings is 2. The van der Waals surface area contributed by atoms with Gasteiger partial charge in [0.1, 0.15) is 11.6 Å². The van der Waals surface area contributed by atoms with Gasteiger partial charge in [0.15, 0.2) is 0 Å². The van der Waals surface area contributed by atoms with Gasteiger partial charge in [-0.05, 0) is 48.1 Å². The molecular weight excluding hydrogens is 326 g/mol. The molecule has 0 radical (unpaired) electrons. The Hall–Kier alpha value is -1.41. The molecule has 0 aliphatic carbocycles. The van der Waals surface area contributed by atoms with Crippen LogP contribution in [0, 0.1) is 18.6 Å². The monoisotopic (exact) mass is 354 g/mol. The molecule has 0 spiro atoms. The fourth-order valence-electron chi connectivity index (χ4n) is 2.44. The topological polar surface area (TPSA) is 0 Å². The number of halogens is 3. The Bertz CT molecular complexity index is 523. The van der Waals surface area contributed by atoms with Gasteiger partial charge >= 0.3 is 0 Å². The van der Waals surface area contributed by atoms with Crippen LogP contribution in [0.4, 0.5) is 8.78 Å². The maximum absolute atomic E-state index is 12.9. The van der Waals surface area contributed by atoms with Crippen LogP contribution in [0.15, 0.2) is 36.4 Å². The van der Waals surface area contributed by atoms with Gasteiger partial charge in [0.25, 0.3) is 0 Å². The Kier molecular flexibility index (Phi) is 10.5. The van der Waals surface area contributed by atoms with Crippen molar-refractivity contribution < 1.29 is 8.78 Å². The molecule has 2 aromatic carbocycles. The van der Waals surface area contributed by atoms with Crippen LogP contribution in [0.3, 0.4) is 0 Å². The van der Waals surface area contributed by atoms with Gasteiger partial charge in [-0.15, -0.1) is 0 Å². The molecule has 0 amide bonds. The molecule has 134 valence electrons. The van der Waals surface area contributed by atoms with Crippen molar-refractivity contribution in [2.24, 2.45) is 0 Å². The van der Waals surface area contributed by atoms with Crippen molar-refractivity contribution in [3.63, 3.8) is 0 Å². The maximum atomic E-state index is 12.9. The fourth-order valence-corrected chi connectivity index (χ4v) is 2.88. The zero-order chi connectivity index (χ0) is 18.9. The predicted octanol–water partition coefficient (Wildman–Crippen LogP) is 7.89. The quantitative estimate of drug-likeness (QED) is 0.514. The summed E-state index contributed by atoms with van der Waals surface area (Å²) in [6.45, 7) is 14.0. The number of rotatable bonds is 2. The molecule has 0 atom stereocenters. The van der Waals surface area contributed by atoms with Crippen LogP contribution < -0.4 is 0 Å². The Morgan fingerprint density at radius 1 is 0.750 bits per heavy atom. The molecule has 0 aromatic heterocycles. The maximum Gasteiger partial charge on any atom is 0.129 e. The van der Waals surface area contributed by atoms with Gasteiger partial charge in [-0.3, -0.25) is 0 Å². The Morgan fingerprint density at radius 2 is 1.17 bits per heavy atom. The molecule has 0 aliphatic heterocycles. The molecule has 0 heterocycles. The molecule has 24 heavy (non-hydrogen) atoms. The minimum Gasteiger partial charge on any atom is -0.207 e. The van der Waals surface area contributed by atoms with E-state index in [1.54, 1.807) is 13.8 Å². The standard InChI is InChI=1S/C10H13Cl.C9H10F2.C2H6/c1-7(2)10-8(3)5-4-6-9(10)11;1-6(2)9-7(10)4-3-5-8(9)11;1-2/h4-7H,1-3H3;3-6H,1-2H3;1-2H3. The van der Waals surface area contributed by atoms with Crippen LogP contribution in [-0.2, 0) is 0 Å². The third-order valence-electron chi connectivity index (χ3n) is 3.43. The van der Waals surface area contributed by atoms with Crippen molar-refractivity contribution in [2.45, 2.75) is 60.3 Å². The van der Waals surface area contributed by atoms with E-state index in [0.29, 0.717) is 5.92 Å². The van der Waals surface area contributed by atoms with E-state index in [1.165, 1.54) is 29.3 Å². The molecule has 0 aliphatic rings. The number of aryl methyl sites for hydroxylation is 1. The highest BCUT2D eigenvalue weighted by Crippen LogP contribution is 2.26. The van der Waals surface area contributed by atoms with E-state index >= 15 is 0 Å². The summed E-state index contributed by atoms with van der Waals surface area (Å²) in [5, 5.41) is 0.889. The summed E-state index contributed by atoms with van der Waals surface area (Å²) in [5.74, 6) is -0.500. The molecule has 0 fully saturated rings. The first kappa shape index (κ1) is 22.6. The molecule has 0 N–H and O–H groups in total. The Labute approximate surface area is 150 Å². The van der Waals surface area contributed by atoms with Crippen molar-refractivity contribution in [2.75, 3.05) is 0 Å². The third-order valence-corrected chi connectivity index (χ3v) is 3.75. The zero-order valence-electron chi connectivity index (χ0n) is 15.8. The van der Waals surface area contributed by atoms with Crippen molar-refractivity contribution in [3.05, 3.63) is 69.7 Å². The highest BCUT2D eigenvalue weighted by molar-refractivity contribution is 6.31. The smallest absolute Gasteiger partial charge is 0.129 e. The van der Waals surface area contributed by atoms with Crippen molar-refractivity contribution in [1.29, 1.82) is 0 Å². The first-order valence-electron chi connectivity index (χ1n) is 8.44. The van der Waals surface area contributed by atoms with Gasteiger partial charge < -0.3 is 0 Å². The fraction of sp³-hybridized carbons (Fsp3) is 0.429. The van der Waals surface area contributed by atoms with Crippen molar-refractivity contribution in [1.82, 2.24) is 0 Å². The van der Waals surface area contributed by atoms with Gasteiger partial charge in [0.05, 0.1) is 0 Å². The first-order valence-corrected chi connectivity index (χ1v) is 8.82. The minimum atomic E-state index is -0.458. The molecular formula is C21H29ClF2. The molecule has 0 nitrogen and oxygen atoms in total. The molecule has 0 unspecified atom stereocenters. The Morgan fingerprint density at radius 3 is 1.46 bits per heavy atom. The van der Waals surface area contributed by atoms with E-state index < -0.39 is 11.6 Å². The lowest BCUT2D eigenvalue weighted by atomic mass is 9.98. The summed E-state index contributed by atoms with van der Waals surface area (Å²) < 4.78 is 25.7. The van der Waals surface area contributed by atoms with Gasteiger partial charge in [0.2, 0.25) is 0 Å². The molecule has 3 heteroatoms. The summed E-state index contributed by atoms with van der Waals surface area (Å²) in [6, 6.07) is 9.96. The second kappa shape index (κ2) is 11.2. The van der Waals surface area contributed by atoms with Gasteiger partial charge in [0, 0.05) is 10.6 Å². The third kappa shape index (κ3) is 6.60. The van der Waals surface area contributed by atoms with E-state index in [4.69, 9.17) is 11.6 Å². The highest BCUT2D eigenvalue weighted by atomic mass is 35.5. The van der Waals surface area contributed by atoms with Crippen LogP contribution in [-0.4, -0.2) is 0 Å². The Balaban J connectivity index is 0.000000400. The minimum absolute atomic E-state index is 0.101. The van der Waals surface area contributed by atoms with E-state index in [2.05, 4.69) is 26.8 Å². The van der Waals surface area contributed by atoms with E-state index in [9.17, 15) is 8.78 Å². The van der Waals surface area contributed by atoms with Crippen molar-refractivity contribution >= 4 is 11.6 Å². The summed E-state index contributed by atoms with van der Waals surface area (Å²) in [7, 11) is 0. The van der Waals surface area contributed by atoms with Crippen LogP contribution in [0.2, 0.25) is 5.02 Å². The summed E-state index contributed by atoms with van der Waals surface area (Å²) in [4.78, 5) is 0. The number of hydrogen-bond acceptors (Lipinski definition) is 0. The molecule has 2 aromatic rings. The van der Waals surface area contributed by atoms with Crippen LogP contribution >= 0.6 is 11.6 Å². The van der Waals surface area contributed by atoms with Gasteiger partial charge in [-0.2, -0.15) is 0 Å². The second-order valence-electron chi connectivity index (χ2n) is 5.92. The number of hydrogen-bond donors (Lipinski definition) is 0. The molecule has 0 saturated carbocycles. The average molecular weight is 355 g/mol. The molecule has 0 bridgehead atoms. The van der Waals surface area contributed by atoms with Gasteiger partial charge in [-0.1, -0.05) is 71.3 Å². The summed E-state index contributed by atoms with van der Waals surface area (Å²) in [5.41, 5.74) is 2.73. The average Bonchev–Trinajstić information content (AvgIpc) is 2.49. The highest BCUT2D eigenvalue weighted by Gasteiger charge is 2.10. The lowest BCUT2D eigenvalue weighted by Gasteiger charge is -2.10. The summed E-state index contributed by atoms with van der Waals surface area (Å²) >= 11 is 6.02.